The van der Waals surface area contributed by atoms with Crippen LogP contribution in [0.5, 0.6) is 0 Å². The molecule has 0 radical (unpaired) electrons. The van der Waals surface area contributed by atoms with E-state index in [9.17, 15) is 0 Å². The average Bonchev–Trinajstić information content (AvgIpc) is 2.09. The van der Waals surface area contributed by atoms with E-state index in [1.165, 1.54) is 5.57 Å². The fraction of sp³-hybridized carbons (Fsp3) is 0.636. The predicted octanol–water partition coefficient (Wildman–Crippen LogP) is 2.13. The summed E-state index contributed by atoms with van der Waals surface area (Å²) in [6.07, 6.45) is 6.43. The lowest BCUT2D eigenvalue weighted by atomic mass is 10.2. The summed E-state index contributed by atoms with van der Waals surface area (Å²) in [5, 5.41) is 3.28. The van der Waals surface area contributed by atoms with Crippen LogP contribution < -0.4 is 5.32 Å². The van der Waals surface area contributed by atoms with Crippen molar-refractivity contribution in [1.82, 2.24) is 5.32 Å². The van der Waals surface area contributed by atoms with E-state index in [1.807, 2.05) is 6.92 Å². The fourth-order valence-electron chi connectivity index (χ4n) is 0.887. The number of rotatable bonds is 8. The fourth-order valence-corrected chi connectivity index (χ4v) is 0.887. The Morgan fingerprint density at radius 2 is 2.15 bits per heavy atom. The smallest absolute Gasteiger partial charge is 0.0587 e. The number of allylic oxidation sites excluding steroid dienone is 2. The Bertz CT molecular complexity index is 152. The molecule has 0 aromatic heterocycles. The molecule has 13 heavy (non-hydrogen) atoms. The molecule has 0 saturated heterocycles. The van der Waals surface area contributed by atoms with Gasteiger partial charge in [-0.15, -0.1) is 0 Å². The molecule has 0 saturated carbocycles. The van der Waals surface area contributed by atoms with E-state index in [0.717, 1.165) is 32.5 Å². The minimum Gasteiger partial charge on any atom is -0.383 e. The van der Waals surface area contributed by atoms with Crippen molar-refractivity contribution >= 4 is 0 Å². The molecule has 0 rings (SSSR count). The SMILES string of the molecule is C=C(C)CC=CCCNCCOC. The molecule has 0 fully saturated rings. The first-order valence-corrected chi connectivity index (χ1v) is 4.76. The second-order valence-electron chi connectivity index (χ2n) is 3.16. The highest BCUT2D eigenvalue weighted by atomic mass is 16.5. The lowest BCUT2D eigenvalue weighted by molar-refractivity contribution is 0.199. The summed E-state index contributed by atoms with van der Waals surface area (Å²) >= 11 is 0. The zero-order chi connectivity index (χ0) is 9.94. The van der Waals surface area contributed by atoms with E-state index < -0.39 is 0 Å². The van der Waals surface area contributed by atoms with Crippen LogP contribution >= 0.6 is 0 Å². The third-order valence-electron chi connectivity index (χ3n) is 1.60. The van der Waals surface area contributed by atoms with Gasteiger partial charge in [0.15, 0.2) is 0 Å². The van der Waals surface area contributed by atoms with Crippen molar-refractivity contribution < 1.29 is 4.74 Å². The van der Waals surface area contributed by atoms with Gasteiger partial charge in [0.05, 0.1) is 6.61 Å². The number of ether oxygens (including phenoxy) is 1. The molecular weight excluding hydrogens is 162 g/mol. The van der Waals surface area contributed by atoms with Gasteiger partial charge in [-0.1, -0.05) is 24.3 Å². The van der Waals surface area contributed by atoms with E-state index in [2.05, 4.69) is 24.0 Å². The molecule has 0 amide bonds. The topological polar surface area (TPSA) is 21.3 Å². The van der Waals surface area contributed by atoms with E-state index in [0.29, 0.717) is 0 Å². The molecule has 0 aromatic rings. The van der Waals surface area contributed by atoms with Crippen molar-refractivity contribution in [3.63, 3.8) is 0 Å². The highest BCUT2D eigenvalue weighted by Crippen LogP contribution is 1.96. The third kappa shape index (κ3) is 11.4. The summed E-state index contributed by atoms with van der Waals surface area (Å²) in [6, 6.07) is 0. The van der Waals surface area contributed by atoms with Gasteiger partial charge >= 0.3 is 0 Å². The van der Waals surface area contributed by atoms with E-state index in [-0.39, 0.29) is 0 Å². The van der Waals surface area contributed by atoms with Crippen LogP contribution in [0.25, 0.3) is 0 Å². The van der Waals surface area contributed by atoms with Crippen LogP contribution in [-0.2, 0) is 4.74 Å². The van der Waals surface area contributed by atoms with Crippen LogP contribution in [0.15, 0.2) is 24.3 Å². The van der Waals surface area contributed by atoms with Crippen LogP contribution in [-0.4, -0.2) is 26.8 Å². The lowest BCUT2D eigenvalue weighted by Crippen LogP contribution is -2.19. The van der Waals surface area contributed by atoms with Gasteiger partial charge in [-0.3, -0.25) is 0 Å². The van der Waals surface area contributed by atoms with Crippen LogP contribution in [0, 0.1) is 0 Å². The van der Waals surface area contributed by atoms with Crippen LogP contribution in [0.1, 0.15) is 19.8 Å². The van der Waals surface area contributed by atoms with Gasteiger partial charge in [-0.05, 0) is 26.3 Å². The Hall–Kier alpha value is -0.600. The van der Waals surface area contributed by atoms with Crippen LogP contribution in [0.3, 0.4) is 0 Å². The molecule has 0 aliphatic heterocycles. The quantitative estimate of drug-likeness (QED) is 0.460. The number of hydrogen-bond acceptors (Lipinski definition) is 2. The van der Waals surface area contributed by atoms with Gasteiger partial charge in [-0.25, -0.2) is 0 Å². The molecule has 0 unspecified atom stereocenters. The van der Waals surface area contributed by atoms with Crippen molar-refractivity contribution in [2.45, 2.75) is 19.8 Å². The number of hydrogen-bond donors (Lipinski definition) is 1. The van der Waals surface area contributed by atoms with E-state index in [1.54, 1.807) is 7.11 Å². The molecular formula is C11H21NO. The first-order chi connectivity index (χ1) is 6.27. The van der Waals surface area contributed by atoms with Gasteiger partial charge in [0.25, 0.3) is 0 Å². The molecule has 0 aliphatic carbocycles. The van der Waals surface area contributed by atoms with Crippen molar-refractivity contribution in [1.29, 1.82) is 0 Å². The highest BCUT2D eigenvalue weighted by Gasteiger charge is 1.84. The predicted molar refractivity (Wildman–Crippen MR) is 57.9 cm³/mol. The molecule has 0 atom stereocenters. The minimum absolute atomic E-state index is 0.787. The summed E-state index contributed by atoms with van der Waals surface area (Å²) in [5.41, 5.74) is 1.21. The first kappa shape index (κ1) is 12.4. The van der Waals surface area contributed by atoms with Crippen molar-refractivity contribution in [2.24, 2.45) is 0 Å². The maximum atomic E-state index is 4.91. The molecule has 0 bridgehead atoms. The number of methoxy groups -OCH3 is 1. The minimum atomic E-state index is 0.787. The maximum Gasteiger partial charge on any atom is 0.0587 e. The Labute approximate surface area is 81.7 Å². The average molecular weight is 183 g/mol. The number of nitrogens with one attached hydrogen (secondary N) is 1. The third-order valence-corrected chi connectivity index (χ3v) is 1.60. The van der Waals surface area contributed by atoms with Crippen LogP contribution in [0.4, 0.5) is 0 Å². The zero-order valence-electron chi connectivity index (χ0n) is 8.81. The Kier molecular flexibility index (Phi) is 9.05. The molecule has 2 heteroatoms. The van der Waals surface area contributed by atoms with Crippen LogP contribution in [0.2, 0.25) is 0 Å². The molecule has 0 aromatic carbocycles. The summed E-state index contributed by atoms with van der Waals surface area (Å²) in [4.78, 5) is 0. The monoisotopic (exact) mass is 183 g/mol. The summed E-state index contributed by atoms with van der Waals surface area (Å²) in [6.45, 7) is 8.62. The summed E-state index contributed by atoms with van der Waals surface area (Å²) < 4.78 is 4.91. The first-order valence-electron chi connectivity index (χ1n) is 4.76. The molecule has 1 N–H and O–H groups in total. The van der Waals surface area contributed by atoms with Gasteiger partial charge in [0.2, 0.25) is 0 Å². The molecule has 0 heterocycles. The van der Waals surface area contributed by atoms with E-state index >= 15 is 0 Å². The van der Waals surface area contributed by atoms with Gasteiger partial charge in [0, 0.05) is 13.7 Å². The van der Waals surface area contributed by atoms with E-state index in [4.69, 9.17) is 4.74 Å². The summed E-state index contributed by atoms with van der Waals surface area (Å²) in [7, 11) is 1.72. The molecule has 0 aliphatic rings. The molecule has 0 spiro atoms. The second kappa shape index (κ2) is 9.49. The zero-order valence-corrected chi connectivity index (χ0v) is 8.81. The van der Waals surface area contributed by atoms with Gasteiger partial charge < -0.3 is 10.1 Å². The largest absolute Gasteiger partial charge is 0.383 e. The van der Waals surface area contributed by atoms with Gasteiger partial charge in [0.1, 0.15) is 0 Å². The van der Waals surface area contributed by atoms with Crippen molar-refractivity contribution in [2.75, 3.05) is 26.8 Å². The molecule has 2 nitrogen and oxygen atoms in total. The standard InChI is InChI=1S/C11H21NO/c1-11(2)7-5-4-6-8-12-9-10-13-3/h4-5,12H,1,6-10H2,2-3H3. The Morgan fingerprint density at radius 3 is 2.77 bits per heavy atom. The second-order valence-corrected chi connectivity index (χ2v) is 3.16. The highest BCUT2D eigenvalue weighted by molar-refractivity contribution is 4.98. The molecule has 76 valence electrons. The van der Waals surface area contributed by atoms with Crippen molar-refractivity contribution in [3.8, 4) is 0 Å². The van der Waals surface area contributed by atoms with Gasteiger partial charge in [-0.2, -0.15) is 0 Å². The maximum absolute atomic E-state index is 4.91. The summed E-state index contributed by atoms with van der Waals surface area (Å²) in [5.74, 6) is 0. The van der Waals surface area contributed by atoms with Crippen molar-refractivity contribution in [3.05, 3.63) is 24.3 Å². The Balaban J connectivity index is 3.06. The lowest BCUT2D eigenvalue weighted by Gasteiger charge is -2.00. The Morgan fingerprint density at radius 1 is 1.38 bits per heavy atom. The normalized spacial score (nSPS) is 10.9.